The van der Waals surface area contributed by atoms with Crippen LogP contribution in [0.1, 0.15) is 21.7 Å². The summed E-state index contributed by atoms with van der Waals surface area (Å²) >= 11 is 7.57. The molecule has 0 unspecified atom stereocenters. The maximum absolute atomic E-state index is 13.9. The molecular weight excluding hydrogens is 503 g/mol. The minimum Gasteiger partial charge on any atom is -0.497 e. The number of hydrogen-bond acceptors (Lipinski definition) is 6. The molecule has 0 saturated carbocycles. The Balaban J connectivity index is 1.59. The number of anilines is 1. The number of aromatic nitrogens is 4. The maximum Gasteiger partial charge on any atom is 0.433 e. The molecule has 7 nitrogen and oxygen atoms in total. The zero-order chi connectivity index (χ0) is 24.9. The van der Waals surface area contributed by atoms with Crippen molar-refractivity contribution < 1.29 is 22.7 Å². The molecule has 1 amide bonds. The lowest BCUT2D eigenvalue weighted by molar-refractivity contribution is -0.142. The summed E-state index contributed by atoms with van der Waals surface area (Å²) in [6, 6.07) is 12.9. The topological polar surface area (TPSA) is 81.4 Å². The second kappa shape index (κ2) is 8.51. The van der Waals surface area contributed by atoms with Crippen LogP contribution in [0.3, 0.4) is 0 Å². The van der Waals surface area contributed by atoms with Gasteiger partial charge in [0, 0.05) is 5.56 Å². The van der Waals surface area contributed by atoms with Gasteiger partial charge in [-0.05, 0) is 42.8 Å². The predicted octanol–water partition coefficient (Wildman–Crippen LogP) is 6.25. The van der Waals surface area contributed by atoms with Crippen molar-refractivity contribution >= 4 is 49.8 Å². The van der Waals surface area contributed by atoms with Crippen molar-refractivity contribution in [1.29, 1.82) is 0 Å². The van der Waals surface area contributed by atoms with Crippen LogP contribution in [0.4, 0.5) is 18.3 Å². The third-order valence-electron chi connectivity index (χ3n) is 5.17. The predicted molar refractivity (Wildman–Crippen MR) is 127 cm³/mol. The third-order valence-corrected chi connectivity index (χ3v) is 6.45. The Kier molecular flexibility index (Phi) is 5.60. The first-order chi connectivity index (χ1) is 16.6. The minimum atomic E-state index is -4.79. The van der Waals surface area contributed by atoms with Crippen molar-refractivity contribution in [3.05, 3.63) is 70.5 Å². The van der Waals surface area contributed by atoms with Gasteiger partial charge in [-0.1, -0.05) is 41.1 Å². The monoisotopic (exact) mass is 517 g/mol. The van der Waals surface area contributed by atoms with E-state index in [1.165, 1.54) is 18.4 Å². The Hall–Kier alpha value is -3.70. The zero-order valence-corrected chi connectivity index (χ0v) is 19.7. The molecule has 0 aliphatic heterocycles. The minimum absolute atomic E-state index is 0.000902. The number of rotatable bonds is 4. The van der Waals surface area contributed by atoms with Crippen molar-refractivity contribution in [1.82, 2.24) is 19.6 Å². The molecule has 0 radical (unpaired) electrons. The number of nitrogens with zero attached hydrogens (tertiary/aromatic N) is 4. The first-order valence-electron chi connectivity index (χ1n) is 10.1. The lowest BCUT2D eigenvalue weighted by Gasteiger charge is -2.11. The van der Waals surface area contributed by atoms with Gasteiger partial charge in [0.2, 0.25) is 0 Å². The smallest absolute Gasteiger partial charge is 0.433 e. The fourth-order valence-electron chi connectivity index (χ4n) is 3.51. The average molecular weight is 518 g/mol. The Bertz CT molecular complexity index is 1610. The van der Waals surface area contributed by atoms with E-state index in [1.54, 1.807) is 24.3 Å². The van der Waals surface area contributed by atoms with Gasteiger partial charge in [-0.15, -0.1) is 0 Å². The highest BCUT2D eigenvalue weighted by molar-refractivity contribution is 7.22. The van der Waals surface area contributed by atoms with Crippen molar-refractivity contribution in [2.45, 2.75) is 13.1 Å². The van der Waals surface area contributed by atoms with Gasteiger partial charge in [-0.2, -0.15) is 18.3 Å². The molecule has 35 heavy (non-hydrogen) atoms. The highest BCUT2D eigenvalue weighted by Gasteiger charge is 2.37. The molecular formula is C23H15ClF3N5O2S. The standard InChI is InChI=1S/C23H15ClF3N5O2S/c1-11-6-7-14-16(8-11)35-22(29-14)30-21(33)19-18(24)20-28-15(12-4-3-5-13(9-12)34-2)10-17(23(25,26)27)32(20)31-19/h3-10H,1-2H3,(H,29,30,33). The molecule has 12 heteroatoms. The van der Waals surface area contributed by atoms with Gasteiger partial charge >= 0.3 is 6.18 Å². The number of carbonyl (C=O) groups excluding carboxylic acids is 1. The van der Waals surface area contributed by atoms with Crippen molar-refractivity contribution in [3.63, 3.8) is 0 Å². The number of amides is 1. The van der Waals surface area contributed by atoms with E-state index in [1.807, 2.05) is 25.1 Å². The summed E-state index contributed by atoms with van der Waals surface area (Å²) in [5, 5.41) is 6.38. The molecule has 0 aliphatic carbocycles. The number of methoxy groups -OCH3 is 1. The molecule has 1 N–H and O–H groups in total. The summed E-state index contributed by atoms with van der Waals surface area (Å²) in [4.78, 5) is 21.5. The van der Waals surface area contributed by atoms with E-state index < -0.39 is 23.5 Å². The summed E-state index contributed by atoms with van der Waals surface area (Å²) < 4.78 is 48.3. The van der Waals surface area contributed by atoms with Gasteiger partial charge in [0.15, 0.2) is 22.2 Å². The number of aryl methyl sites for hydroxylation is 1. The number of benzene rings is 2. The lowest BCUT2D eigenvalue weighted by Crippen LogP contribution is -2.15. The van der Waals surface area contributed by atoms with E-state index in [0.717, 1.165) is 16.3 Å². The number of thiazole rings is 1. The molecule has 0 spiro atoms. The van der Waals surface area contributed by atoms with Crippen LogP contribution in [-0.2, 0) is 6.18 Å². The van der Waals surface area contributed by atoms with E-state index in [0.29, 0.717) is 21.3 Å². The zero-order valence-electron chi connectivity index (χ0n) is 18.1. The quantitative estimate of drug-likeness (QED) is 0.305. The summed E-state index contributed by atoms with van der Waals surface area (Å²) in [7, 11) is 1.45. The molecule has 178 valence electrons. The summed E-state index contributed by atoms with van der Waals surface area (Å²) in [5.41, 5.74) is 0.259. The van der Waals surface area contributed by atoms with Crippen LogP contribution in [0.2, 0.25) is 5.02 Å². The molecule has 0 saturated heterocycles. The Morgan fingerprint density at radius 2 is 1.94 bits per heavy atom. The molecule has 3 aromatic heterocycles. The van der Waals surface area contributed by atoms with Gasteiger partial charge in [0.05, 0.1) is 23.0 Å². The Morgan fingerprint density at radius 3 is 2.69 bits per heavy atom. The van der Waals surface area contributed by atoms with Gasteiger partial charge in [-0.25, -0.2) is 14.5 Å². The number of ether oxygens (including phenoxy) is 1. The van der Waals surface area contributed by atoms with Crippen LogP contribution < -0.4 is 10.1 Å². The van der Waals surface area contributed by atoms with E-state index >= 15 is 0 Å². The fraction of sp³-hybridized carbons (Fsp3) is 0.130. The second-order valence-electron chi connectivity index (χ2n) is 7.60. The molecule has 0 aliphatic rings. The number of hydrogen-bond donors (Lipinski definition) is 1. The third kappa shape index (κ3) is 4.28. The van der Waals surface area contributed by atoms with Crippen LogP contribution in [0.15, 0.2) is 48.5 Å². The van der Waals surface area contributed by atoms with Crippen molar-refractivity contribution in [3.8, 4) is 17.0 Å². The SMILES string of the molecule is COc1cccc(-c2cc(C(F)(F)F)n3nc(C(=O)Nc4nc5ccc(C)cc5s4)c(Cl)c3n2)c1. The largest absolute Gasteiger partial charge is 0.497 e. The van der Waals surface area contributed by atoms with E-state index in [2.05, 4.69) is 20.4 Å². The van der Waals surface area contributed by atoms with Gasteiger partial charge < -0.3 is 4.74 Å². The fourth-order valence-corrected chi connectivity index (χ4v) is 4.72. The van der Waals surface area contributed by atoms with Gasteiger partial charge in [0.25, 0.3) is 5.91 Å². The summed E-state index contributed by atoms with van der Waals surface area (Å²) in [6.45, 7) is 1.93. The highest BCUT2D eigenvalue weighted by Crippen LogP contribution is 2.35. The summed E-state index contributed by atoms with van der Waals surface area (Å²) in [5.74, 6) is -0.351. The highest BCUT2D eigenvalue weighted by atomic mass is 35.5. The number of halogens is 4. The molecule has 0 bridgehead atoms. The first-order valence-corrected chi connectivity index (χ1v) is 11.3. The molecule has 3 heterocycles. The molecule has 2 aromatic carbocycles. The maximum atomic E-state index is 13.9. The average Bonchev–Trinajstić information content (AvgIpc) is 3.37. The lowest BCUT2D eigenvalue weighted by atomic mass is 10.1. The molecule has 5 rings (SSSR count). The van der Waals surface area contributed by atoms with Crippen LogP contribution in [0.25, 0.3) is 27.1 Å². The van der Waals surface area contributed by atoms with Crippen LogP contribution in [0.5, 0.6) is 5.75 Å². The van der Waals surface area contributed by atoms with Crippen LogP contribution >= 0.6 is 22.9 Å². The van der Waals surface area contributed by atoms with E-state index in [4.69, 9.17) is 16.3 Å². The van der Waals surface area contributed by atoms with E-state index in [9.17, 15) is 18.0 Å². The Labute approximate surface area is 205 Å². The Morgan fingerprint density at radius 1 is 1.14 bits per heavy atom. The van der Waals surface area contributed by atoms with Crippen LogP contribution in [0, 0.1) is 6.92 Å². The van der Waals surface area contributed by atoms with E-state index in [-0.39, 0.29) is 21.5 Å². The normalized spacial score (nSPS) is 11.8. The number of nitrogens with one attached hydrogen (secondary N) is 1. The van der Waals surface area contributed by atoms with Gasteiger partial charge in [0.1, 0.15) is 10.8 Å². The first kappa shape index (κ1) is 23.1. The number of alkyl halides is 3. The second-order valence-corrected chi connectivity index (χ2v) is 9.01. The molecule has 0 atom stereocenters. The molecule has 0 fully saturated rings. The number of carbonyl (C=O) groups is 1. The summed E-state index contributed by atoms with van der Waals surface area (Å²) in [6.07, 6.45) is -4.79. The van der Waals surface area contributed by atoms with Crippen molar-refractivity contribution in [2.24, 2.45) is 0 Å². The molecule has 5 aromatic rings. The van der Waals surface area contributed by atoms with Crippen LogP contribution in [-0.4, -0.2) is 32.6 Å². The van der Waals surface area contributed by atoms with Crippen molar-refractivity contribution in [2.75, 3.05) is 12.4 Å². The number of fused-ring (bicyclic) bond motifs is 2. The van der Waals surface area contributed by atoms with Gasteiger partial charge in [-0.3, -0.25) is 10.1 Å².